The lowest BCUT2D eigenvalue weighted by molar-refractivity contribution is -0.146. The Morgan fingerprint density at radius 3 is 2.07 bits per heavy atom. The Hall–Kier alpha value is -2.86. The second kappa shape index (κ2) is 8.22. The lowest BCUT2D eigenvalue weighted by Crippen LogP contribution is -2.49. The molecular formula is C21H23NO5. The molecule has 6 heteroatoms. The molecule has 2 unspecified atom stereocenters. The van der Waals surface area contributed by atoms with Crippen LogP contribution in [0.25, 0.3) is 11.1 Å². The number of carbonyl (C=O) groups is 2. The second-order valence-corrected chi connectivity index (χ2v) is 6.76. The molecule has 0 saturated carbocycles. The number of morpholine rings is 1. The standard InChI is InChI=1S/C21H23NO5/c1-14-11-22(12-15(2)27-14)20(24)13-26-21(25)18-5-3-16(4-6-18)17-7-9-19(23)10-8-17/h3-10,14-15,23H,11-13H2,1-2H3. The molecular weight excluding hydrogens is 346 g/mol. The normalized spacial score (nSPS) is 19.6. The number of hydrogen-bond donors (Lipinski definition) is 1. The molecule has 3 rings (SSSR count). The van der Waals surface area contributed by atoms with E-state index in [1.807, 2.05) is 13.8 Å². The molecule has 1 aliphatic heterocycles. The van der Waals surface area contributed by atoms with Crippen LogP contribution >= 0.6 is 0 Å². The van der Waals surface area contributed by atoms with Gasteiger partial charge in [-0.1, -0.05) is 24.3 Å². The average Bonchev–Trinajstić information content (AvgIpc) is 2.66. The number of hydrogen-bond acceptors (Lipinski definition) is 5. The van der Waals surface area contributed by atoms with Gasteiger partial charge in [-0.25, -0.2) is 4.79 Å². The molecule has 1 amide bonds. The van der Waals surface area contributed by atoms with Crippen LogP contribution in [0, 0.1) is 0 Å². The molecule has 142 valence electrons. The molecule has 1 aliphatic rings. The lowest BCUT2D eigenvalue weighted by Gasteiger charge is -2.35. The van der Waals surface area contributed by atoms with Crippen molar-refractivity contribution in [1.82, 2.24) is 4.90 Å². The Balaban J connectivity index is 1.56. The van der Waals surface area contributed by atoms with Crippen LogP contribution in [-0.4, -0.2) is 53.8 Å². The van der Waals surface area contributed by atoms with Crippen LogP contribution in [0.15, 0.2) is 48.5 Å². The summed E-state index contributed by atoms with van der Waals surface area (Å²) in [7, 11) is 0. The van der Waals surface area contributed by atoms with E-state index in [0.29, 0.717) is 18.7 Å². The quantitative estimate of drug-likeness (QED) is 0.839. The number of phenolic OH excluding ortho intramolecular Hbond substituents is 1. The zero-order chi connectivity index (χ0) is 19.4. The van der Waals surface area contributed by atoms with Crippen LogP contribution in [0.3, 0.4) is 0 Å². The molecule has 2 aromatic rings. The summed E-state index contributed by atoms with van der Waals surface area (Å²) in [5, 5.41) is 9.35. The summed E-state index contributed by atoms with van der Waals surface area (Å²) in [5.41, 5.74) is 2.23. The monoisotopic (exact) mass is 369 g/mol. The van der Waals surface area contributed by atoms with Gasteiger partial charge in [-0.15, -0.1) is 0 Å². The van der Waals surface area contributed by atoms with E-state index in [-0.39, 0.29) is 30.5 Å². The number of aromatic hydroxyl groups is 1. The van der Waals surface area contributed by atoms with Gasteiger partial charge in [-0.05, 0) is 49.2 Å². The molecule has 1 heterocycles. The maximum Gasteiger partial charge on any atom is 0.338 e. The first-order valence-corrected chi connectivity index (χ1v) is 8.92. The second-order valence-electron chi connectivity index (χ2n) is 6.76. The van der Waals surface area contributed by atoms with Crippen molar-refractivity contribution in [1.29, 1.82) is 0 Å². The first kappa shape index (κ1) is 18.9. The first-order valence-electron chi connectivity index (χ1n) is 8.92. The third-order valence-electron chi connectivity index (χ3n) is 4.42. The number of benzene rings is 2. The van der Waals surface area contributed by atoms with E-state index in [1.54, 1.807) is 53.4 Å². The molecule has 0 radical (unpaired) electrons. The lowest BCUT2D eigenvalue weighted by atomic mass is 10.0. The minimum absolute atomic E-state index is 0.0270. The van der Waals surface area contributed by atoms with Gasteiger partial charge in [0.15, 0.2) is 6.61 Å². The highest BCUT2D eigenvalue weighted by Crippen LogP contribution is 2.22. The van der Waals surface area contributed by atoms with Crippen molar-refractivity contribution >= 4 is 11.9 Å². The molecule has 6 nitrogen and oxygen atoms in total. The zero-order valence-electron chi connectivity index (χ0n) is 15.4. The zero-order valence-corrected chi connectivity index (χ0v) is 15.4. The van der Waals surface area contributed by atoms with Crippen LogP contribution in [-0.2, 0) is 14.3 Å². The Morgan fingerprint density at radius 1 is 1.00 bits per heavy atom. The van der Waals surface area contributed by atoms with E-state index in [9.17, 15) is 14.7 Å². The molecule has 1 fully saturated rings. The maximum absolute atomic E-state index is 12.3. The molecule has 2 aromatic carbocycles. The van der Waals surface area contributed by atoms with E-state index < -0.39 is 5.97 Å². The van der Waals surface area contributed by atoms with Crippen molar-refractivity contribution in [2.45, 2.75) is 26.1 Å². The Morgan fingerprint density at radius 2 is 1.52 bits per heavy atom. The molecule has 0 aliphatic carbocycles. The maximum atomic E-state index is 12.3. The van der Waals surface area contributed by atoms with Crippen molar-refractivity contribution in [2.75, 3.05) is 19.7 Å². The number of esters is 1. The van der Waals surface area contributed by atoms with Crippen LogP contribution in [0.1, 0.15) is 24.2 Å². The highest BCUT2D eigenvalue weighted by atomic mass is 16.5. The van der Waals surface area contributed by atoms with Gasteiger partial charge in [0.25, 0.3) is 5.91 Å². The van der Waals surface area contributed by atoms with Gasteiger partial charge in [0.1, 0.15) is 5.75 Å². The minimum atomic E-state index is -0.532. The Labute approximate surface area is 158 Å². The predicted octanol–water partition coefficient (Wildman–Crippen LogP) is 2.85. The highest BCUT2D eigenvalue weighted by Gasteiger charge is 2.26. The van der Waals surface area contributed by atoms with E-state index in [1.165, 1.54) is 0 Å². The molecule has 27 heavy (non-hydrogen) atoms. The van der Waals surface area contributed by atoms with E-state index in [0.717, 1.165) is 11.1 Å². The number of rotatable bonds is 4. The summed E-state index contributed by atoms with van der Waals surface area (Å²) >= 11 is 0. The van der Waals surface area contributed by atoms with Crippen LogP contribution < -0.4 is 0 Å². The number of phenols is 1. The van der Waals surface area contributed by atoms with Gasteiger partial charge >= 0.3 is 5.97 Å². The molecule has 2 atom stereocenters. The smallest absolute Gasteiger partial charge is 0.338 e. The third kappa shape index (κ3) is 4.86. The number of nitrogens with zero attached hydrogens (tertiary/aromatic N) is 1. The first-order chi connectivity index (χ1) is 12.9. The van der Waals surface area contributed by atoms with E-state index >= 15 is 0 Å². The molecule has 1 saturated heterocycles. The fourth-order valence-electron chi connectivity index (χ4n) is 3.14. The largest absolute Gasteiger partial charge is 0.508 e. The molecule has 0 spiro atoms. The topological polar surface area (TPSA) is 76.1 Å². The number of ether oxygens (including phenoxy) is 2. The summed E-state index contributed by atoms with van der Waals surface area (Å²) in [6, 6.07) is 13.7. The van der Waals surface area contributed by atoms with Crippen molar-refractivity contribution in [3.8, 4) is 16.9 Å². The third-order valence-corrected chi connectivity index (χ3v) is 4.42. The average molecular weight is 369 g/mol. The SMILES string of the molecule is CC1CN(C(=O)COC(=O)c2ccc(-c3ccc(O)cc3)cc2)CC(C)O1. The van der Waals surface area contributed by atoms with E-state index in [4.69, 9.17) is 9.47 Å². The predicted molar refractivity (Wildman–Crippen MR) is 100 cm³/mol. The summed E-state index contributed by atoms with van der Waals surface area (Å²) in [6.07, 6.45) is -0.0540. The summed E-state index contributed by atoms with van der Waals surface area (Å²) < 4.78 is 10.8. The van der Waals surface area contributed by atoms with Gasteiger partial charge in [0.05, 0.1) is 17.8 Å². The van der Waals surface area contributed by atoms with Gasteiger partial charge in [0.2, 0.25) is 0 Å². The highest BCUT2D eigenvalue weighted by molar-refractivity contribution is 5.91. The molecule has 0 bridgehead atoms. The van der Waals surface area contributed by atoms with Crippen LogP contribution in [0.5, 0.6) is 5.75 Å². The Bertz CT molecular complexity index is 790. The van der Waals surface area contributed by atoms with Gasteiger partial charge in [0, 0.05) is 13.1 Å². The summed E-state index contributed by atoms with van der Waals surface area (Å²) in [5.74, 6) is -0.548. The van der Waals surface area contributed by atoms with Crippen molar-refractivity contribution < 1.29 is 24.2 Å². The molecule has 0 aromatic heterocycles. The number of carbonyl (C=O) groups excluding carboxylic acids is 2. The fraction of sp³-hybridized carbons (Fsp3) is 0.333. The van der Waals surface area contributed by atoms with Crippen molar-refractivity contribution in [2.24, 2.45) is 0 Å². The molecule has 1 N–H and O–H groups in total. The van der Waals surface area contributed by atoms with Crippen molar-refractivity contribution in [3.63, 3.8) is 0 Å². The van der Waals surface area contributed by atoms with Gasteiger partial charge < -0.3 is 19.5 Å². The number of amides is 1. The van der Waals surface area contributed by atoms with Gasteiger partial charge in [-0.2, -0.15) is 0 Å². The van der Waals surface area contributed by atoms with Crippen LogP contribution in [0.2, 0.25) is 0 Å². The van der Waals surface area contributed by atoms with Crippen molar-refractivity contribution in [3.05, 3.63) is 54.1 Å². The minimum Gasteiger partial charge on any atom is -0.508 e. The van der Waals surface area contributed by atoms with Gasteiger partial charge in [-0.3, -0.25) is 4.79 Å². The summed E-state index contributed by atoms with van der Waals surface area (Å²) in [6.45, 7) is 4.55. The summed E-state index contributed by atoms with van der Waals surface area (Å²) in [4.78, 5) is 26.1. The fourth-order valence-corrected chi connectivity index (χ4v) is 3.14. The van der Waals surface area contributed by atoms with E-state index in [2.05, 4.69) is 0 Å². The van der Waals surface area contributed by atoms with Crippen LogP contribution in [0.4, 0.5) is 0 Å². The Kier molecular flexibility index (Phi) is 5.76.